The molecule has 2 N–H and O–H groups in total. The third-order valence-corrected chi connectivity index (χ3v) is 11.0. The van der Waals surface area contributed by atoms with Crippen LogP contribution in [-0.4, -0.2) is 52.0 Å². The molecule has 3 heterocycles. The predicted molar refractivity (Wildman–Crippen MR) is 193 cm³/mol. The molecule has 0 spiro atoms. The number of amidine groups is 1. The van der Waals surface area contributed by atoms with E-state index in [0.29, 0.717) is 33.2 Å². The molecule has 0 saturated heterocycles. The van der Waals surface area contributed by atoms with E-state index in [0.717, 1.165) is 18.4 Å². The van der Waals surface area contributed by atoms with E-state index in [2.05, 4.69) is 20.2 Å². The zero-order valence-electron chi connectivity index (χ0n) is 28.6. The highest BCUT2D eigenvalue weighted by atomic mass is 35.5. The minimum atomic E-state index is -3.82. The van der Waals surface area contributed by atoms with Gasteiger partial charge in [-0.15, -0.1) is 0 Å². The molecule has 3 aliphatic rings. The molecular formula is C35H28Cl2F6N8O3S. The maximum Gasteiger partial charge on any atom is 0.293 e. The quantitative estimate of drug-likeness (QED) is 0.142. The SMILES string of the molecule is Cn1nc(NS(C)(=O)=O)c2c(Cl)ccc(N3Cc4cccc(Cl)c4N=C3[C@H](Cc3cc(F)cc(F)c3)NC(=O)Cn3nc(C(F)F)c4c3C(F)(F)[C@@H]3C[C@H]43)c21. The van der Waals surface area contributed by atoms with Gasteiger partial charge in [0.05, 0.1) is 51.2 Å². The molecule has 0 unspecified atom stereocenters. The summed E-state index contributed by atoms with van der Waals surface area (Å²) in [7, 11) is -2.27. The summed E-state index contributed by atoms with van der Waals surface area (Å²) in [6.45, 7) is -0.856. The van der Waals surface area contributed by atoms with Gasteiger partial charge in [-0.3, -0.25) is 18.9 Å². The second kappa shape index (κ2) is 13.2. The van der Waals surface area contributed by atoms with Crippen molar-refractivity contribution >= 4 is 73.1 Å². The molecule has 2 aliphatic carbocycles. The van der Waals surface area contributed by atoms with Crippen molar-refractivity contribution < 1.29 is 39.6 Å². The van der Waals surface area contributed by atoms with Gasteiger partial charge < -0.3 is 10.2 Å². The number of anilines is 2. The van der Waals surface area contributed by atoms with Crippen LogP contribution in [0.25, 0.3) is 10.9 Å². The van der Waals surface area contributed by atoms with Crippen LogP contribution in [0.1, 0.15) is 46.8 Å². The summed E-state index contributed by atoms with van der Waals surface area (Å²) in [6, 6.07) is 9.61. The molecule has 1 saturated carbocycles. The van der Waals surface area contributed by atoms with Crippen LogP contribution >= 0.6 is 23.2 Å². The average Bonchev–Trinajstić information content (AvgIpc) is 3.63. The molecule has 11 nitrogen and oxygen atoms in total. The van der Waals surface area contributed by atoms with E-state index in [1.165, 1.54) is 10.7 Å². The van der Waals surface area contributed by atoms with Crippen LogP contribution in [0.4, 0.5) is 43.5 Å². The maximum absolute atomic E-state index is 15.4. The number of aryl methyl sites for hydroxylation is 1. The van der Waals surface area contributed by atoms with Crippen LogP contribution in [0, 0.1) is 17.6 Å². The third kappa shape index (κ3) is 6.56. The Bertz CT molecular complexity index is 2560. The molecule has 3 aromatic carbocycles. The molecule has 288 valence electrons. The summed E-state index contributed by atoms with van der Waals surface area (Å²) in [4.78, 5) is 20.4. The van der Waals surface area contributed by atoms with E-state index < -0.39 is 75.7 Å². The lowest BCUT2D eigenvalue weighted by Gasteiger charge is -2.36. The van der Waals surface area contributed by atoms with Gasteiger partial charge in [-0.05, 0) is 53.8 Å². The van der Waals surface area contributed by atoms with E-state index in [1.807, 2.05) is 0 Å². The van der Waals surface area contributed by atoms with Gasteiger partial charge in [0.15, 0.2) is 5.82 Å². The van der Waals surface area contributed by atoms with Gasteiger partial charge in [-0.2, -0.15) is 19.0 Å². The van der Waals surface area contributed by atoms with Gasteiger partial charge in [-0.1, -0.05) is 35.3 Å². The van der Waals surface area contributed by atoms with Crippen molar-refractivity contribution in [3.05, 3.63) is 98.3 Å². The first kappa shape index (κ1) is 37.1. The Morgan fingerprint density at radius 2 is 1.78 bits per heavy atom. The molecule has 0 bridgehead atoms. The molecular weight excluding hydrogens is 797 g/mol. The van der Waals surface area contributed by atoms with Crippen molar-refractivity contribution in [2.45, 2.75) is 50.2 Å². The van der Waals surface area contributed by atoms with Crippen molar-refractivity contribution in [3.63, 3.8) is 0 Å². The number of benzene rings is 3. The number of aromatic nitrogens is 4. The Morgan fingerprint density at radius 3 is 2.47 bits per heavy atom. The van der Waals surface area contributed by atoms with Crippen LogP contribution in [-0.2, 0) is 47.3 Å². The third-order valence-electron chi connectivity index (χ3n) is 9.86. The molecule has 1 amide bonds. The van der Waals surface area contributed by atoms with Crippen molar-refractivity contribution in [2.75, 3.05) is 15.9 Å². The maximum atomic E-state index is 15.4. The summed E-state index contributed by atoms with van der Waals surface area (Å²) in [5, 5.41) is 11.4. The topological polar surface area (TPSA) is 127 Å². The Morgan fingerprint density at radius 1 is 1.05 bits per heavy atom. The highest BCUT2D eigenvalue weighted by Crippen LogP contribution is 2.68. The largest absolute Gasteiger partial charge is 0.344 e. The number of sulfonamides is 1. The molecule has 5 aromatic rings. The van der Waals surface area contributed by atoms with Crippen LogP contribution in [0.2, 0.25) is 10.0 Å². The van der Waals surface area contributed by atoms with Gasteiger partial charge in [0.2, 0.25) is 15.9 Å². The number of hydrogen-bond acceptors (Lipinski definition) is 7. The highest BCUT2D eigenvalue weighted by Gasteiger charge is 2.67. The van der Waals surface area contributed by atoms with Crippen molar-refractivity contribution in [2.24, 2.45) is 18.0 Å². The Labute approximate surface area is 319 Å². The second-order valence-corrected chi connectivity index (χ2v) is 16.3. The number of para-hydroxylation sites is 1. The summed E-state index contributed by atoms with van der Waals surface area (Å²) in [5.41, 5.74) is -0.110. The number of amides is 1. The lowest BCUT2D eigenvalue weighted by Crippen LogP contribution is -2.51. The molecule has 0 radical (unpaired) electrons. The van der Waals surface area contributed by atoms with Gasteiger partial charge >= 0.3 is 0 Å². The first-order chi connectivity index (χ1) is 25.9. The Hall–Kier alpha value is -4.81. The fourth-order valence-corrected chi connectivity index (χ4v) is 8.63. The standard InChI is InChI=1S/C35H28Cl2F6N8O3S/c1-49-30-24(7-6-21(36)27(30)33(47-49)48-55(2,53)54)50-13-16-4-3-5-22(37)28(16)45-34(50)23(10-15-8-17(38)11-18(39)9-15)44-25(52)14-51-31-26(29(46-51)32(40)41)19-12-20(19)35(31,42)43/h3-9,11,19-20,23,32H,10,12-14H2,1-2H3,(H,44,52)(H,47,48)/t19-,20+,23-/m0/s1. The number of carbonyl (C=O) groups is 1. The van der Waals surface area contributed by atoms with E-state index >= 15 is 8.78 Å². The number of hydrogen-bond donors (Lipinski definition) is 2. The number of rotatable bonds is 10. The van der Waals surface area contributed by atoms with Crippen LogP contribution in [0.5, 0.6) is 0 Å². The fourth-order valence-electron chi connectivity index (χ4n) is 7.66. The first-order valence-corrected chi connectivity index (χ1v) is 19.3. The van der Waals surface area contributed by atoms with Crippen LogP contribution in [0.3, 0.4) is 0 Å². The van der Waals surface area contributed by atoms with Gasteiger partial charge in [0.25, 0.3) is 12.3 Å². The van der Waals surface area contributed by atoms with Gasteiger partial charge in [0, 0.05) is 31.0 Å². The Balaban J connectivity index is 1.25. The number of nitrogens with one attached hydrogen (secondary N) is 2. The number of halogens is 8. The van der Waals surface area contributed by atoms with Gasteiger partial charge in [-0.25, -0.2) is 31.0 Å². The molecule has 1 aliphatic heterocycles. The average molecular weight is 826 g/mol. The molecule has 1 fully saturated rings. The normalized spacial score (nSPS) is 18.9. The molecule has 3 atom stereocenters. The molecule has 8 rings (SSSR count). The monoisotopic (exact) mass is 824 g/mol. The number of nitrogens with zero attached hydrogens (tertiary/aromatic N) is 6. The number of carbonyl (C=O) groups excluding carboxylic acids is 1. The van der Waals surface area contributed by atoms with E-state index in [9.17, 15) is 30.8 Å². The molecule has 2 aromatic heterocycles. The Kier molecular flexibility index (Phi) is 8.88. The minimum absolute atomic E-state index is 0.0318. The van der Waals surface area contributed by atoms with Crippen molar-refractivity contribution in [3.8, 4) is 0 Å². The predicted octanol–water partition coefficient (Wildman–Crippen LogP) is 7.35. The van der Waals surface area contributed by atoms with Crippen LogP contribution < -0.4 is 14.9 Å². The lowest BCUT2D eigenvalue weighted by molar-refractivity contribution is -0.122. The second-order valence-electron chi connectivity index (χ2n) is 13.7. The van der Waals surface area contributed by atoms with Crippen molar-refractivity contribution in [1.29, 1.82) is 0 Å². The number of fused-ring (bicyclic) bond motifs is 5. The zero-order chi connectivity index (χ0) is 39.3. The number of alkyl halides is 4. The fraction of sp³-hybridized carbons (Fsp3) is 0.314. The minimum Gasteiger partial charge on any atom is -0.344 e. The number of aliphatic imine (C=N–C) groups is 1. The van der Waals surface area contributed by atoms with Crippen LogP contribution in [0.15, 0.2) is 53.5 Å². The van der Waals surface area contributed by atoms with Gasteiger partial charge in [0.1, 0.15) is 35.4 Å². The molecule has 55 heavy (non-hydrogen) atoms. The summed E-state index contributed by atoms with van der Waals surface area (Å²) in [5.74, 6) is -8.22. The summed E-state index contributed by atoms with van der Waals surface area (Å²) in [6.07, 6.45) is -2.49. The lowest BCUT2D eigenvalue weighted by atomic mass is 10.0. The summed E-state index contributed by atoms with van der Waals surface area (Å²) < 4.78 is 117. The molecule has 20 heteroatoms. The first-order valence-electron chi connectivity index (χ1n) is 16.7. The summed E-state index contributed by atoms with van der Waals surface area (Å²) >= 11 is 13.2. The highest BCUT2D eigenvalue weighted by molar-refractivity contribution is 7.92. The zero-order valence-corrected chi connectivity index (χ0v) is 30.9. The smallest absolute Gasteiger partial charge is 0.293 e. The van der Waals surface area contributed by atoms with E-state index in [1.54, 1.807) is 36.2 Å². The van der Waals surface area contributed by atoms with E-state index in [-0.39, 0.29) is 57.6 Å². The van der Waals surface area contributed by atoms with E-state index in [4.69, 9.17) is 28.2 Å². The van der Waals surface area contributed by atoms with Crippen molar-refractivity contribution in [1.82, 2.24) is 24.9 Å².